The third-order valence-corrected chi connectivity index (χ3v) is 3.45. The molecule has 108 valence electrons. The van der Waals surface area contributed by atoms with Gasteiger partial charge < -0.3 is 15.0 Å². The minimum Gasteiger partial charge on any atom is -0.497 e. The van der Waals surface area contributed by atoms with E-state index in [0.717, 1.165) is 26.2 Å². The summed E-state index contributed by atoms with van der Waals surface area (Å²) in [5, 5.41) is 3.35. The molecule has 1 unspecified atom stereocenters. The Morgan fingerprint density at radius 2 is 2.00 bits per heavy atom. The Morgan fingerprint density at radius 3 is 2.53 bits per heavy atom. The van der Waals surface area contributed by atoms with E-state index < -0.39 is 0 Å². The number of ether oxygens (including phenoxy) is 1. The van der Waals surface area contributed by atoms with Crippen molar-refractivity contribution in [2.75, 3.05) is 33.3 Å². The van der Waals surface area contributed by atoms with Gasteiger partial charge in [-0.1, -0.05) is 19.9 Å². The summed E-state index contributed by atoms with van der Waals surface area (Å²) in [6, 6.07) is 5.00. The van der Waals surface area contributed by atoms with Crippen LogP contribution in [0.3, 0.4) is 0 Å². The third kappa shape index (κ3) is 4.80. The molecule has 0 bridgehead atoms. The van der Waals surface area contributed by atoms with Crippen molar-refractivity contribution in [3.8, 4) is 5.75 Å². The van der Waals surface area contributed by atoms with Crippen LogP contribution in [0.25, 0.3) is 0 Å². The number of nitrogens with one attached hydrogen (secondary N) is 1. The lowest BCUT2D eigenvalue weighted by molar-refractivity contribution is 0.297. The molecule has 19 heavy (non-hydrogen) atoms. The quantitative estimate of drug-likeness (QED) is 0.784. The maximum Gasteiger partial charge on any atom is 0.131 e. The molecule has 0 amide bonds. The lowest BCUT2D eigenvalue weighted by Crippen LogP contribution is -2.33. The Balaban J connectivity index is 2.51. The molecular weight excluding hydrogens is 243 g/mol. The first-order chi connectivity index (χ1) is 9.12. The van der Waals surface area contributed by atoms with Gasteiger partial charge in [0.1, 0.15) is 11.6 Å². The van der Waals surface area contributed by atoms with Crippen molar-refractivity contribution >= 4 is 0 Å². The molecule has 0 fully saturated rings. The zero-order chi connectivity index (χ0) is 14.3. The highest BCUT2D eigenvalue weighted by Gasteiger charge is 2.11. The first kappa shape index (κ1) is 15.9. The van der Waals surface area contributed by atoms with Crippen molar-refractivity contribution < 1.29 is 9.13 Å². The average Bonchev–Trinajstić information content (AvgIpc) is 2.43. The minimum absolute atomic E-state index is 0.00136. The summed E-state index contributed by atoms with van der Waals surface area (Å²) in [6.07, 6.45) is 0. The van der Waals surface area contributed by atoms with Crippen molar-refractivity contribution in [3.63, 3.8) is 0 Å². The summed E-state index contributed by atoms with van der Waals surface area (Å²) in [5.74, 6) is 0.332. The van der Waals surface area contributed by atoms with Crippen molar-refractivity contribution in [3.05, 3.63) is 29.6 Å². The average molecular weight is 268 g/mol. The maximum atomic E-state index is 13.9. The molecular formula is C15H25FN2O. The second-order valence-corrected chi connectivity index (χ2v) is 4.59. The molecule has 0 radical (unpaired) electrons. The predicted molar refractivity (Wildman–Crippen MR) is 77.2 cm³/mol. The standard InChI is InChI=1S/C15H25FN2O/c1-5-18(6-2)10-9-17-12(3)14-8-7-13(19-4)11-15(14)16/h7-8,11-12,17H,5-6,9-10H2,1-4H3. The van der Waals surface area contributed by atoms with Crippen LogP contribution in [0.1, 0.15) is 32.4 Å². The zero-order valence-electron chi connectivity index (χ0n) is 12.4. The number of methoxy groups -OCH3 is 1. The molecule has 1 rings (SSSR count). The molecule has 0 aromatic heterocycles. The van der Waals surface area contributed by atoms with Crippen LogP contribution >= 0.6 is 0 Å². The van der Waals surface area contributed by atoms with Gasteiger partial charge in [-0.05, 0) is 26.1 Å². The third-order valence-electron chi connectivity index (χ3n) is 3.45. The molecule has 0 heterocycles. The van der Waals surface area contributed by atoms with E-state index in [4.69, 9.17) is 4.74 Å². The van der Waals surface area contributed by atoms with Gasteiger partial charge >= 0.3 is 0 Å². The van der Waals surface area contributed by atoms with Crippen LogP contribution in [-0.4, -0.2) is 38.2 Å². The van der Waals surface area contributed by atoms with E-state index in [1.807, 2.05) is 6.92 Å². The monoisotopic (exact) mass is 268 g/mol. The molecule has 1 atom stereocenters. The van der Waals surface area contributed by atoms with Crippen molar-refractivity contribution in [1.82, 2.24) is 10.2 Å². The number of rotatable bonds is 8. The van der Waals surface area contributed by atoms with Crippen LogP contribution in [0.4, 0.5) is 4.39 Å². The topological polar surface area (TPSA) is 24.5 Å². The highest BCUT2D eigenvalue weighted by molar-refractivity contribution is 5.30. The minimum atomic E-state index is -0.220. The van der Waals surface area contributed by atoms with Gasteiger partial charge in [0, 0.05) is 30.8 Å². The van der Waals surface area contributed by atoms with E-state index in [1.54, 1.807) is 19.2 Å². The van der Waals surface area contributed by atoms with Crippen molar-refractivity contribution in [2.45, 2.75) is 26.8 Å². The largest absolute Gasteiger partial charge is 0.497 e. The van der Waals surface area contributed by atoms with Crippen LogP contribution in [-0.2, 0) is 0 Å². The van der Waals surface area contributed by atoms with Crippen LogP contribution in [0, 0.1) is 5.82 Å². The summed E-state index contributed by atoms with van der Waals surface area (Å²) in [5.41, 5.74) is 0.681. The van der Waals surface area contributed by atoms with Gasteiger partial charge in [0.15, 0.2) is 0 Å². The fourth-order valence-corrected chi connectivity index (χ4v) is 2.07. The first-order valence-corrected chi connectivity index (χ1v) is 6.91. The van der Waals surface area contributed by atoms with Gasteiger partial charge in [-0.2, -0.15) is 0 Å². The summed E-state index contributed by atoms with van der Waals surface area (Å²) in [6.45, 7) is 10.2. The Hall–Kier alpha value is -1.13. The second-order valence-electron chi connectivity index (χ2n) is 4.59. The predicted octanol–water partition coefficient (Wildman–Crippen LogP) is 2.83. The molecule has 0 aliphatic heterocycles. The Morgan fingerprint density at radius 1 is 1.32 bits per heavy atom. The van der Waals surface area contributed by atoms with E-state index in [2.05, 4.69) is 24.1 Å². The molecule has 1 N–H and O–H groups in total. The number of hydrogen-bond acceptors (Lipinski definition) is 3. The molecule has 0 saturated heterocycles. The summed E-state index contributed by atoms with van der Waals surface area (Å²) in [7, 11) is 1.54. The fraction of sp³-hybridized carbons (Fsp3) is 0.600. The van der Waals surface area contributed by atoms with Crippen LogP contribution < -0.4 is 10.1 Å². The maximum absolute atomic E-state index is 13.9. The molecule has 4 heteroatoms. The SMILES string of the molecule is CCN(CC)CCNC(C)c1ccc(OC)cc1F. The van der Waals surface area contributed by atoms with E-state index in [9.17, 15) is 4.39 Å². The van der Waals surface area contributed by atoms with Gasteiger partial charge in [0.25, 0.3) is 0 Å². The van der Waals surface area contributed by atoms with Crippen molar-refractivity contribution in [2.24, 2.45) is 0 Å². The Kier molecular flexibility index (Phi) is 6.81. The lowest BCUT2D eigenvalue weighted by atomic mass is 10.1. The van der Waals surface area contributed by atoms with Crippen LogP contribution in [0.2, 0.25) is 0 Å². The normalized spacial score (nSPS) is 12.7. The number of hydrogen-bond donors (Lipinski definition) is 1. The van der Waals surface area contributed by atoms with Gasteiger partial charge in [-0.3, -0.25) is 0 Å². The van der Waals surface area contributed by atoms with Gasteiger partial charge in [0.2, 0.25) is 0 Å². The molecule has 0 spiro atoms. The molecule has 1 aromatic carbocycles. The molecule has 0 aliphatic carbocycles. The van der Waals surface area contributed by atoms with Gasteiger partial charge in [-0.25, -0.2) is 4.39 Å². The second kappa shape index (κ2) is 8.12. The Labute approximate surface area is 115 Å². The van der Waals surface area contributed by atoms with E-state index >= 15 is 0 Å². The molecule has 0 aliphatic rings. The van der Waals surface area contributed by atoms with E-state index in [-0.39, 0.29) is 11.9 Å². The van der Waals surface area contributed by atoms with Gasteiger partial charge in [0.05, 0.1) is 7.11 Å². The summed E-state index contributed by atoms with van der Waals surface area (Å²) >= 11 is 0. The number of halogens is 1. The van der Waals surface area contributed by atoms with Crippen molar-refractivity contribution in [1.29, 1.82) is 0 Å². The Bertz CT molecular complexity index is 380. The van der Waals surface area contributed by atoms with Gasteiger partial charge in [-0.15, -0.1) is 0 Å². The van der Waals surface area contributed by atoms with Crippen LogP contribution in [0.5, 0.6) is 5.75 Å². The fourth-order valence-electron chi connectivity index (χ4n) is 2.07. The summed E-state index contributed by atoms with van der Waals surface area (Å²) < 4.78 is 18.9. The number of benzene rings is 1. The number of likely N-dealkylation sites (N-methyl/N-ethyl adjacent to an activating group) is 1. The van der Waals surface area contributed by atoms with E-state index in [1.165, 1.54) is 6.07 Å². The molecule has 0 saturated carbocycles. The highest BCUT2D eigenvalue weighted by atomic mass is 19.1. The zero-order valence-corrected chi connectivity index (χ0v) is 12.4. The molecule has 3 nitrogen and oxygen atoms in total. The summed E-state index contributed by atoms with van der Waals surface area (Å²) in [4.78, 5) is 2.34. The van der Waals surface area contributed by atoms with E-state index in [0.29, 0.717) is 11.3 Å². The number of nitrogens with zero attached hydrogens (tertiary/aromatic N) is 1. The highest BCUT2D eigenvalue weighted by Crippen LogP contribution is 2.21. The first-order valence-electron chi connectivity index (χ1n) is 6.91. The molecule has 1 aromatic rings. The van der Waals surface area contributed by atoms with Crippen LogP contribution in [0.15, 0.2) is 18.2 Å². The lowest BCUT2D eigenvalue weighted by Gasteiger charge is -2.21. The smallest absolute Gasteiger partial charge is 0.131 e.